The lowest BCUT2D eigenvalue weighted by molar-refractivity contribution is 0.0611. The highest BCUT2D eigenvalue weighted by Gasteiger charge is 2.09. The van der Waals surface area contributed by atoms with Gasteiger partial charge in [0.25, 0.3) is 0 Å². The van der Waals surface area contributed by atoms with E-state index in [0.717, 1.165) is 11.5 Å². The summed E-state index contributed by atoms with van der Waals surface area (Å²) in [6.07, 6.45) is 2.17. The van der Waals surface area contributed by atoms with Gasteiger partial charge in [-0.05, 0) is 34.6 Å². The Balaban J connectivity index is 2.76. The summed E-state index contributed by atoms with van der Waals surface area (Å²) < 4.78 is 7.78. The standard InChI is InChI=1S/C11H20N2O/c1-8(2)13-10(5)12-6-11(13)7-14-9(3)4/h6,8-9H,7H2,1-5H3. The summed E-state index contributed by atoms with van der Waals surface area (Å²) >= 11 is 0. The Kier molecular flexibility index (Phi) is 3.69. The van der Waals surface area contributed by atoms with E-state index < -0.39 is 0 Å². The Morgan fingerprint density at radius 3 is 2.50 bits per heavy atom. The van der Waals surface area contributed by atoms with E-state index in [1.807, 2.05) is 27.0 Å². The molecule has 0 radical (unpaired) electrons. The summed E-state index contributed by atoms with van der Waals surface area (Å²) in [6, 6.07) is 0.447. The Bertz CT molecular complexity index is 289. The van der Waals surface area contributed by atoms with Crippen LogP contribution in [0.5, 0.6) is 0 Å². The molecule has 0 aliphatic rings. The second-order valence-corrected chi connectivity index (χ2v) is 4.12. The third kappa shape index (κ3) is 2.58. The lowest BCUT2D eigenvalue weighted by Crippen LogP contribution is -2.10. The van der Waals surface area contributed by atoms with E-state index in [1.165, 1.54) is 0 Å². The van der Waals surface area contributed by atoms with Gasteiger partial charge in [0, 0.05) is 6.04 Å². The molecule has 0 unspecified atom stereocenters. The van der Waals surface area contributed by atoms with Crippen LogP contribution in [-0.2, 0) is 11.3 Å². The molecular formula is C11H20N2O. The van der Waals surface area contributed by atoms with E-state index in [-0.39, 0.29) is 6.10 Å². The number of aromatic nitrogens is 2. The van der Waals surface area contributed by atoms with Crippen molar-refractivity contribution in [2.75, 3.05) is 0 Å². The zero-order chi connectivity index (χ0) is 10.7. The highest BCUT2D eigenvalue weighted by atomic mass is 16.5. The number of hydrogen-bond donors (Lipinski definition) is 0. The van der Waals surface area contributed by atoms with E-state index >= 15 is 0 Å². The van der Waals surface area contributed by atoms with Gasteiger partial charge in [0.2, 0.25) is 0 Å². The molecule has 0 saturated carbocycles. The van der Waals surface area contributed by atoms with Crippen molar-refractivity contribution in [1.82, 2.24) is 9.55 Å². The molecule has 0 fully saturated rings. The van der Waals surface area contributed by atoms with Crippen LogP contribution in [-0.4, -0.2) is 15.7 Å². The summed E-state index contributed by atoms with van der Waals surface area (Å²) in [4.78, 5) is 4.30. The zero-order valence-electron chi connectivity index (χ0n) is 9.74. The first-order valence-corrected chi connectivity index (χ1v) is 5.16. The summed E-state index contributed by atoms with van der Waals surface area (Å²) in [5, 5.41) is 0. The monoisotopic (exact) mass is 196 g/mol. The Labute approximate surface area is 86.1 Å². The molecule has 80 valence electrons. The first-order valence-electron chi connectivity index (χ1n) is 5.16. The van der Waals surface area contributed by atoms with Crippen LogP contribution < -0.4 is 0 Å². The number of nitrogens with zero attached hydrogens (tertiary/aromatic N) is 2. The van der Waals surface area contributed by atoms with E-state index in [0.29, 0.717) is 12.6 Å². The van der Waals surface area contributed by atoms with Gasteiger partial charge >= 0.3 is 0 Å². The van der Waals surface area contributed by atoms with Crippen molar-refractivity contribution in [3.8, 4) is 0 Å². The van der Waals surface area contributed by atoms with Crippen LogP contribution in [0.1, 0.15) is 45.3 Å². The normalized spacial score (nSPS) is 11.6. The van der Waals surface area contributed by atoms with Gasteiger partial charge in [0.1, 0.15) is 5.82 Å². The van der Waals surface area contributed by atoms with Gasteiger partial charge in [-0.1, -0.05) is 0 Å². The Hall–Kier alpha value is -0.830. The Morgan fingerprint density at radius 1 is 1.36 bits per heavy atom. The van der Waals surface area contributed by atoms with Crippen LogP contribution in [0.2, 0.25) is 0 Å². The van der Waals surface area contributed by atoms with E-state index in [2.05, 4.69) is 23.4 Å². The minimum atomic E-state index is 0.269. The molecule has 0 aliphatic heterocycles. The molecule has 0 aliphatic carbocycles. The van der Waals surface area contributed by atoms with Gasteiger partial charge in [-0.15, -0.1) is 0 Å². The highest BCUT2D eigenvalue weighted by Crippen LogP contribution is 2.14. The molecule has 0 atom stereocenters. The van der Waals surface area contributed by atoms with Crippen molar-refractivity contribution in [3.05, 3.63) is 17.7 Å². The maximum Gasteiger partial charge on any atom is 0.106 e. The molecule has 3 nitrogen and oxygen atoms in total. The van der Waals surface area contributed by atoms with Crippen LogP contribution >= 0.6 is 0 Å². The third-order valence-electron chi connectivity index (χ3n) is 2.14. The predicted octanol–water partition coefficient (Wildman–Crippen LogP) is 2.70. The summed E-state index contributed by atoms with van der Waals surface area (Å²) in [5.74, 6) is 1.06. The maximum absolute atomic E-state index is 5.57. The summed E-state index contributed by atoms with van der Waals surface area (Å²) in [6.45, 7) is 11.1. The van der Waals surface area contributed by atoms with Crippen molar-refractivity contribution in [2.24, 2.45) is 0 Å². The fraction of sp³-hybridized carbons (Fsp3) is 0.727. The molecule has 3 heteroatoms. The SMILES string of the molecule is Cc1ncc(COC(C)C)n1C(C)C. The van der Waals surface area contributed by atoms with Crippen molar-refractivity contribution in [1.29, 1.82) is 0 Å². The first kappa shape index (κ1) is 11.2. The van der Waals surface area contributed by atoms with Crippen molar-refractivity contribution >= 4 is 0 Å². The fourth-order valence-corrected chi connectivity index (χ4v) is 1.56. The average Bonchev–Trinajstić information content (AvgIpc) is 2.43. The average molecular weight is 196 g/mol. The number of hydrogen-bond acceptors (Lipinski definition) is 2. The molecule has 0 saturated heterocycles. The molecular weight excluding hydrogens is 176 g/mol. The predicted molar refractivity (Wildman–Crippen MR) is 57.3 cm³/mol. The van der Waals surface area contributed by atoms with Crippen molar-refractivity contribution in [3.63, 3.8) is 0 Å². The second-order valence-electron chi connectivity index (χ2n) is 4.12. The summed E-state index contributed by atoms with van der Waals surface area (Å²) in [7, 11) is 0. The van der Waals surface area contributed by atoms with Crippen LogP contribution in [0.25, 0.3) is 0 Å². The van der Waals surface area contributed by atoms with Crippen LogP contribution in [0.3, 0.4) is 0 Å². The van der Waals surface area contributed by atoms with Gasteiger partial charge in [-0.3, -0.25) is 0 Å². The summed E-state index contributed by atoms with van der Waals surface area (Å²) in [5.41, 5.74) is 1.16. The number of rotatable bonds is 4. The fourth-order valence-electron chi connectivity index (χ4n) is 1.56. The highest BCUT2D eigenvalue weighted by molar-refractivity contribution is 5.04. The van der Waals surface area contributed by atoms with E-state index in [9.17, 15) is 0 Å². The number of ether oxygens (including phenoxy) is 1. The lowest BCUT2D eigenvalue weighted by Gasteiger charge is -2.15. The zero-order valence-corrected chi connectivity index (χ0v) is 9.74. The molecule has 1 heterocycles. The van der Waals surface area contributed by atoms with Gasteiger partial charge in [-0.2, -0.15) is 0 Å². The van der Waals surface area contributed by atoms with Gasteiger partial charge < -0.3 is 9.30 Å². The lowest BCUT2D eigenvalue weighted by atomic mass is 10.3. The smallest absolute Gasteiger partial charge is 0.106 e. The minimum Gasteiger partial charge on any atom is -0.373 e. The number of imidazole rings is 1. The molecule has 0 bridgehead atoms. The van der Waals surface area contributed by atoms with Crippen molar-refractivity contribution in [2.45, 2.75) is 53.4 Å². The first-order chi connectivity index (χ1) is 6.52. The molecule has 0 aromatic carbocycles. The quantitative estimate of drug-likeness (QED) is 0.740. The molecule has 0 amide bonds. The third-order valence-corrected chi connectivity index (χ3v) is 2.14. The molecule has 1 aromatic rings. The van der Waals surface area contributed by atoms with E-state index in [1.54, 1.807) is 0 Å². The molecule has 1 aromatic heterocycles. The van der Waals surface area contributed by atoms with Crippen LogP contribution in [0.15, 0.2) is 6.20 Å². The van der Waals surface area contributed by atoms with Crippen LogP contribution in [0, 0.1) is 6.92 Å². The Morgan fingerprint density at radius 2 is 2.00 bits per heavy atom. The number of aryl methyl sites for hydroxylation is 1. The van der Waals surface area contributed by atoms with E-state index in [4.69, 9.17) is 4.74 Å². The van der Waals surface area contributed by atoms with Crippen LogP contribution in [0.4, 0.5) is 0 Å². The largest absolute Gasteiger partial charge is 0.373 e. The topological polar surface area (TPSA) is 27.1 Å². The maximum atomic E-state index is 5.57. The second kappa shape index (κ2) is 4.60. The molecule has 0 N–H and O–H groups in total. The van der Waals surface area contributed by atoms with Gasteiger partial charge in [-0.25, -0.2) is 4.98 Å². The van der Waals surface area contributed by atoms with Gasteiger partial charge in [0.15, 0.2) is 0 Å². The minimum absolute atomic E-state index is 0.269. The molecule has 1 rings (SSSR count). The van der Waals surface area contributed by atoms with Gasteiger partial charge in [0.05, 0.1) is 24.6 Å². The molecule has 14 heavy (non-hydrogen) atoms. The van der Waals surface area contributed by atoms with Crippen molar-refractivity contribution < 1.29 is 4.74 Å². The molecule has 0 spiro atoms.